The average Bonchev–Trinajstić information content (AvgIpc) is 2.18. The molecule has 1 aromatic rings. The Morgan fingerprint density at radius 1 is 1.33 bits per heavy atom. The molecule has 3 nitrogen and oxygen atoms in total. The van der Waals surface area contributed by atoms with Crippen LogP contribution in [-0.4, -0.2) is 19.1 Å². The summed E-state index contributed by atoms with van der Waals surface area (Å²) in [5.74, 6) is -0.151. The monoisotopic (exact) mass is 205 g/mol. The molecule has 1 amide bonds. The van der Waals surface area contributed by atoms with Crippen LogP contribution in [0.3, 0.4) is 0 Å². The number of hydrogen-bond acceptors (Lipinski definition) is 2. The van der Waals surface area contributed by atoms with Crippen molar-refractivity contribution in [2.75, 3.05) is 18.5 Å². The first-order chi connectivity index (χ1) is 7.18. The summed E-state index contributed by atoms with van der Waals surface area (Å²) >= 11 is 0. The third-order valence-corrected chi connectivity index (χ3v) is 1.64. The topological polar surface area (TPSA) is 38.3 Å². The molecular weight excluding hydrogens is 190 g/mol. The molecule has 3 heteroatoms. The van der Waals surface area contributed by atoms with Crippen LogP contribution in [0.25, 0.3) is 0 Å². The van der Waals surface area contributed by atoms with Gasteiger partial charge in [-0.05, 0) is 19.1 Å². The number of nitrogens with one attached hydrogen (secondary N) is 1. The second-order valence-corrected chi connectivity index (χ2v) is 3.36. The van der Waals surface area contributed by atoms with Gasteiger partial charge in [0.1, 0.15) is 6.61 Å². The zero-order valence-electron chi connectivity index (χ0n) is 8.82. The molecule has 0 aliphatic rings. The minimum absolute atomic E-state index is 0.0573. The molecule has 0 radical (unpaired) electrons. The summed E-state index contributed by atoms with van der Waals surface area (Å²) in [4.78, 5) is 11.3. The van der Waals surface area contributed by atoms with Crippen molar-refractivity contribution in [3.63, 3.8) is 0 Å². The molecule has 0 unspecified atom stereocenters. The summed E-state index contributed by atoms with van der Waals surface area (Å²) in [6.07, 6.45) is 0. The molecule has 0 heterocycles. The van der Waals surface area contributed by atoms with Crippen LogP contribution in [0.1, 0.15) is 6.92 Å². The Bertz CT molecular complexity index is 333. The number of carbonyl (C=O) groups is 1. The zero-order chi connectivity index (χ0) is 11.1. The van der Waals surface area contributed by atoms with Gasteiger partial charge in [0.15, 0.2) is 0 Å². The Morgan fingerprint density at radius 3 is 2.60 bits per heavy atom. The Hall–Kier alpha value is -1.61. The Morgan fingerprint density at radius 2 is 2.00 bits per heavy atom. The van der Waals surface area contributed by atoms with E-state index in [0.717, 1.165) is 11.3 Å². The number of anilines is 1. The maximum Gasteiger partial charge on any atom is 0.250 e. The lowest BCUT2D eigenvalue weighted by molar-refractivity contribution is -0.120. The van der Waals surface area contributed by atoms with Gasteiger partial charge in [-0.2, -0.15) is 0 Å². The predicted octanol–water partition coefficient (Wildman–Crippen LogP) is 2.22. The summed E-state index contributed by atoms with van der Waals surface area (Å²) < 4.78 is 5.12. The van der Waals surface area contributed by atoms with Gasteiger partial charge < -0.3 is 10.1 Å². The third kappa shape index (κ3) is 4.98. The molecule has 0 spiro atoms. The van der Waals surface area contributed by atoms with E-state index in [4.69, 9.17) is 4.74 Å². The van der Waals surface area contributed by atoms with E-state index in [0.29, 0.717) is 6.61 Å². The first kappa shape index (κ1) is 11.5. The number of ether oxygens (including phenoxy) is 1. The van der Waals surface area contributed by atoms with Crippen molar-refractivity contribution in [1.82, 2.24) is 0 Å². The second-order valence-electron chi connectivity index (χ2n) is 3.36. The van der Waals surface area contributed by atoms with E-state index < -0.39 is 0 Å². The van der Waals surface area contributed by atoms with Crippen molar-refractivity contribution in [1.29, 1.82) is 0 Å². The maximum atomic E-state index is 11.3. The van der Waals surface area contributed by atoms with Gasteiger partial charge in [0.2, 0.25) is 5.91 Å². The van der Waals surface area contributed by atoms with Crippen LogP contribution in [-0.2, 0) is 9.53 Å². The summed E-state index contributed by atoms with van der Waals surface area (Å²) in [6.45, 7) is 6.01. The Kier molecular flexibility index (Phi) is 4.57. The predicted molar refractivity (Wildman–Crippen MR) is 60.7 cm³/mol. The van der Waals surface area contributed by atoms with Crippen molar-refractivity contribution < 1.29 is 9.53 Å². The summed E-state index contributed by atoms with van der Waals surface area (Å²) in [7, 11) is 0. The largest absolute Gasteiger partial charge is 0.367 e. The first-order valence-electron chi connectivity index (χ1n) is 4.75. The third-order valence-electron chi connectivity index (χ3n) is 1.64. The molecule has 15 heavy (non-hydrogen) atoms. The van der Waals surface area contributed by atoms with Gasteiger partial charge in [-0.15, -0.1) is 0 Å². The quantitative estimate of drug-likeness (QED) is 0.748. The van der Waals surface area contributed by atoms with E-state index >= 15 is 0 Å². The van der Waals surface area contributed by atoms with E-state index in [9.17, 15) is 4.79 Å². The molecule has 0 aliphatic heterocycles. The molecule has 0 saturated heterocycles. The zero-order valence-corrected chi connectivity index (χ0v) is 8.82. The number of benzene rings is 1. The van der Waals surface area contributed by atoms with Crippen LogP contribution < -0.4 is 5.32 Å². The van der Waals surface area contributed by atoms with Crippen LogP contribution in [0.2, 0.25) is 0 Å². The molecular formula is C12H15NO2. The molecule has 1 N–H and O–H groups in total. The lowest BCUT2D eigenvalue weighted by atomic mass is 10.3. The lowest BCUT2D eigenvalue weighted by Gasteiger charge is -2.05. The van der Waals surface area contributed by atoms with E-state index in [1.54, 1.807) is 0 Å². The number of rotatable bonds is 5. The molecule has 0 bridgehead atoms. The molecule has 0 fully saturated rings. The summed E-state index contributed by atoms with van der Waals surface area (Å²) in [5, 5.41) is 2.72. The number of hydrogen-bond donors (Lipinski definition) is 1. The first-order valence-corrected chi connectivity index (χ1v) is 4.75. The summed E-state index contributed by atoms with van der Waals surface area (Å²) in [5.41, 5.74) is 1.68. The maximum absolute atomic E-state index is 11.3. The van der Waals surface area contributed by atoms with Crippen molar-refractivity contribution in [2.45, 2.75) is 6.92 Å². The SMILES string of the molecule is C=C(C)COCC(=O)Nc1ccccc1. The van der Waals surface area contributed by atoms with Gasteiger partial charge in [-0.25, -0.2) is 0 Å². The molecule has 1 aromatic carbocycles. The average molecular weight is 205 g/mol. The van der Waals surface area contributed by atoms with E-state index in [2.05, 4.69) is 11.9 Å². The molecule has 80 valence electrons. The molecule has 0 atom stereocenters. The highest BCUT2D eigenvalue weighted by molar-refractivity contribution is 5.91. The molecule has 1 rings (SSSR count). The van der Waals surface area contributed by atoms with E-state index in [1.807, 2.05) is 37.3 Å². The minimum Gasteiger partial charge on any atom is -0.367 e. The normalized spacial score (nSPS) is 9.67. The number of carbonyl (C=O) groups excluding carboxylic acids is 1. The van der Waals surface area contributed by atoms with Crippen molar-refractivity contribution in [3.8, 4) is 0 Å². The van der Waals surface area contributed by atoms with Crippen LogP contribution in [0.15, 0.2) is 42.5 Å². The van der Waals surface area contributed by atoms with Gasteiger partial charge in [0.25, 0.3) is 0 Å². The standard InChI is InChI=1S/C12H15NO2/c1-10(2)8-15-9-12(14)13-11-6-4-3-5-7-11/h3-7H,1,8-9H2,2H3,(H,13,14). The fraction of sp³-hybridized carbons (Fsp3) is 0.250. The Balaban J connectivity index is 2.28. The fourth-order valence-electron chi connectivity index (χ4n) is 1.04. The van der Waals surface area contributed by atoms with E-state index in [-0.39, 0.29) is 12.5 Å². The van der Waals surface area contributed by atoms with Crippen LogP contribution in [0.4, 0.5) is 5.69 Å². The second kappa shape index (κ2) is 5.98. The molecule has 0 aromatic heterocycles. The highest BCUT2D eigenvalue weighted by Gasteiger charge is 2.01. The Labute approximate surface area is 89.8 Å². The van der Waals surface area contributed by atoms with Gasteiger partial charge in [0, 0.05) is 5.69 Å². The van der Waals surface area contributed by atoms with Gasteiger partial charge >= 0.3 is 0 Å². The smallest absolute Gasteiger partial charge is 0.250 e. The van der Waals surface area contributed by atoms with Gasteiger partial charge in [0.05, 0.1) is 6.61 Å². The van der Waals surface area contributed by atoms with Crippen molar-refractivity contribution >= 4 is 11.6 Å². The van der Waals surface area contributed by atoms with Gasteiger partial charge in [-0.3, -0.25) is 4.79 Å². The van der Waals surface area contributed by atoms with E-state index in [1.165, 1.54) is 0 Å². The van der Waals surface area contributed by atoms with Crippen molar-refractivity contribution in [3.05, 3.63) is 42.5 Å². The van der Waals surface area contributed by atoms with Crippen LogP contribution >= 0.6 is 0 Å². The highest BCUT2D eigenvalue weighted by atomic mass is 16.5. The summed E-state index contributed by atoms with van der Waals surface area (Å²) in [6, 6.07) is 9.29. The minimum atomic E-state index is -0.151. The molecule has 0 aliphatic carbocycles. The molecule has 0 saturated carbocycles. The number of para-hydroxylation sites is 1. The van der Waals surface area contributed by atoms with Crippen LogP contribution in [0.5, 0.6) is 0 Å². The van der Waals surface area contributed by atoms with Crippen LogP contribution in [0, 0.1) is 0 Å². The highest BCUT2D eigenvalue weighted by Crippen LogP contribution is 2.04. The van der Waals surface area contributed by atoms with Gasteiger partial charge in [-0.1, -0.05) is 30.4 Å². The number of amides is 1. The van der Waals surface area contributed by atoms with Crippen molar-refractivity contribution in [2.24, 2.45) is 0 Å². The fourth-order valence-corrected chi connectivity index (χ4v) is 1.04. The lowest BCUT2D eigenvalue weighted by Crippen LogP contribution is -2.18.